The van der Waals surface area contributed by atoms with Crippen LogP contribution >= 0.6 is 0 Å². The first kappa shape index (κ1) is 11.9. The van der Waals surface area contributed by atoms with Gasteiger partial charge in [-0.3, -0.25) is 4.79 Å². The van der Waals surface area contributed by atoms with Crippen LogP contribution in [-0.2, 0) is 0 Å². The molecule has 0 saturated heterocycles. The lowest BCUT2D eigenvalue weighted by atomic mass is 10.1. The summed E-state index contributed by atoms with van der Waals surface area (Å²) in [4.78, 5) is 25.6. The van der Waals surface area contributed by atoms with E-state index in [9.17, 15) is 9.59 Å². The summed E-state index contributed by atoms with van der Waals surface area (Å²) in [5.74, 6) is -1.44. The van der Waals surface area contributed by atoms with Crippen LogP contribution in [0.1, 0.15) is 26.4 Å². The number of carbonyl (C=O) groups excluding carboxylic acids is 1. The lowest BCUT2D eigenvalue weighted by molar-refractivity contribution is 0.0698. The maximum absolute atomic E-state index is 11.8. The first-order valence-corrected chi connectivity index (χ1v) is 5.36. The van der Waals surface area contributed by atoms with Crippen LogP contribution in [0.4, 0.5) is 5.69 Å². The van der Waals surface area contributed by atoms with E-state index in [1.807, 2.05) is 0 Å². The number of carboxylic acid groups (broad SMARTS) is 1. The highest BCUT2D eigenvalue weighted by Crippen LogP contribution is 2.18. The van der Waals surface area contributed by atoms with Crippen molar-refractivity contribution in [3.63, 3.8) is 0 Å². The summed E-state index contributed by atoms with van der Waals surface area (Å²) in [6.45, 7) is 1.79. The van der Waals surface area contributed by atoms with Gasteiger partial charge < -0.3 is 15.4 Å². The minimum absolute atomic E-state index is 0.0786. The van der Waals surface area contributed by atoms with Gasteiger partial charge in [-0.1, -0.05) is 11.6 Å². The molecule has 18 heavy (non-hydrogen) atoms. The van der Waals surface area contributed by atoms with Gasteiger partial charge >= 0.3 is 5.97 Å². The second-order valence-corrected chi connectivity index (χ2v) is 3.89. The standard InChI is InChI=1S/C13H12N2O3/c1-8-4-5-10(9(7-8)13(17)18)15-12(16)11-3-2-6-14-11/h2-7,14H,1H3,(H,15,16)(H,17,18). The van der Waals surface area contributed by atoms with Crippen molar-refractivity contribution in [1.29, 1.82) is 0 Å². The largest absolute Gasteiger partial charge is 0.478 e. The summed E-state index contributed by atoms with van der Waals surface area (Å²) < 4.78 is 0. The Morgan fingerprint density at radius 2 is 2.06 bits per heavy atom. The number of H-pyrrole nitrogens is 1. The fourth-order valence-corrected chi connectivity index (χ4v) is 1.61. The number of carboxylic acids is 1. The van der Waals surface area contributed by atoms with Crippen LogP contribution in [0.15, 0.2) is 36.5 Å². The number of rotatable bonds is 3. The fourth-order valence-electron chi connectivity index (χ4n) is 1.61. The Labute approximate surface area is 103 Å². The van der Waals surface area contributed by atoms with Crippen molar-refractivity contribution in [2.75, 3.05) is 5.32 Å². The van der Waals surface area contributed by atoms with Crippen LogP contribution in [0.2, 0.25) is 0 Å². The maximum Gasteiger partial charge on any atom is 0.337 e. The minimum Gasteiger partial charge on any atom is -0.478 e. The number of hydrogen-bond donors (Lipinski definition) is 3. The second-order valence-electron chi connectivity index (χ2n) is 3.89. The van der Waals surface area contributed by atoms with Crippen LogP contribution in [0, 0.1) is 6.92 Å². The van der Waals surface area contributed by atoms with Gasteiger partial charge in [-0.05, 0) is 31.2 Å². The van der Waals surface area contributed by atoms with E-state index in [4.69, 9.17) is 5.11 Å². The van der Waals surface area contributed by atoms with Gasteiger partial charge in [0.05, 0.1) is 11.3 Å². The minimum atomic E-state index is -1.07. The van der Waals surface area contributed by atoms with Crippen molar-refractivity contribution < 1.29 is 14.7 Å². The van der Waals surface area contributed by atoms with E-state index in [1.54, 1.807) is 37.4 Å². The van der Waals surface area contributed by atoms with Gasteiger partial charge in [0.1, 0.15) is 5.69 Å². The zero-order valence-electron chi connectivity index (χ0n) is 9.73. The summed E-state index contributed by atoms with van der Waals surface area (Å²) in [6, 6.07) is 8.16. The van der Waals surface area contributed by atoms with Gasteiger partial charge in [0.25, 0.3) is 5.91 Å². The predicted molar refractivity (Wildman–Crippen MR) is 66.9 cm³/mol. The molecule has 1 aromatic carbocycles. The van der Waals surface area contributed by atoms with Crippen molar-refractivity contribution in [1.82, 2.24) is 4.98 Å². The SMILES string of the molecule is Cc1ccc(NC(=O)c2ccc[nH]2)c(C(=O)O)c1. The number of carbonyl (C=O) groups is 2. The number of nitrogens with one attached hydrogen (secondary N) is 2. The number of anilines is 1. The van der Waals surface area contributed by atoms with Gasteiger partial charge in [-0.2, -0.15) is 0 Å². The van der Waals surface area contributed by atoms with E-state index in [2.05, 4.69) is 10.3 Å². The third-order valence-electron chi connectivity index (χ3n) is 2.50. The third kappa shape index (κ3) is 2.40. The van der Waals surface area contributed by atoms with E-state index >= 15 is 0 Å². The molecule has 0 aliphatic carbocycles. The third-order valence-corrected chi connectivity index (χ3v) is 2.50. The quantitative estimate of drug-likeness (QED) is 0.774. The van der Waals surface area contributed by atoms with Gasteiger partial charge in [-0.15, -0.1) is 0 Å². The molecule has 1 aromatic heterocycles. The molecule has 0 radical (unpaired) electrons. The molecule has 2 rings (SSSR count). The van der Waals surface area contributed by atoms with Crippen molar-refractivity contribution in [2.24, 2.45) is 0 Å². The average molecular weight is 244 g/mol. The molecule has 1 heterocycles. The highest BCUT2D eigenvalue weighted by Gasteiger charge is 2.13. The number of hydrogen-bond acceptors (Lipinski definition) is 2. The van der Waals surface area contributed by atoms with Crippen molar-refractivity contribution >= 4 is 17.6 Å². The van der Waals surface area contributed by atoms with Crippen LogP contribution in [-0.4, -0.2) is 22.0 Å². The topological polar surface area (TPSA) is 82.2 Å². The summed E-state index contributed by atoms with van der Waals surface area (Å²) in [5.41, 5.74) is 1.57. The van der Waals surface area contributed by atoms with Crippen molar-refractivity contribution in [3.8, 4) is 0 Å². The molecule has 0 unspecified atom stereocenters. The highest BCUT2D eigenvalue weighted by molar-refractivity contribution is 6.06. The molecule has 0 spiro atoms. The monoisotopic (exact) mass is 244 g/mol. The Bertz CT molecular complexity index is 588. The van der Waals surface area contributed by atoms with E-state index < -0.39 is 5.97 Å². The molecule has 92 valence electrons. The number of aryl methyl sites for hydroxylation is 1. The molecule has 0 aliphatic rings. The molecule has 0 fully saturated rings. The maximum atomic E-state index is 11.8. The first-order valence-electron chi connectivity index (χ1n) is 5.36. The zero-order chi connectivity index (χ0) is 13.1. The van der Waals surface area contributed by atoms with Gasteiger partial charge in [0.2, 0.25) is 0 Å². The number of benzene rings is 1. The fraction of sp³-hybridized carbons (Fsp3) is 0.0769. The van der Waals surface area contributed by atoms with Crippen LogP contribution in [0.5, 0.6) is 0 Å². The molecule has 1 amide bonds. The van der Waals surface area contributed by atoms with Crippen LogP contribution < -0.4 is 5.32 Å². The average Bonchev–Trinajstić information content (AvgIpc) is 2.84. The summed E-state index contributed by atoms with van der Waals surface area (Å²) in [6.07, 6.45) is 1.63. The summed E-state index contributed by atoms with van der Waals surface area (Å²) in [7, 11) is 0. The Hall–Kier alpha value is -2.56. The first-order chi connectivity index (χ1) is 8.58. The second kappa shape index (κ2) is 4.75. The normalized spacial score (nSPS) is 10.1. The smallest absolute Gasteiger partial charge is 0.337 e. The van der Waals surface area contributed by atoms with Crippen molar-refractivity contribution in [3.05, 3.63) is 53.3 Å². The van der Waals surface area contributed by atoms with E-state index in [1.165, 1.54) is 6.07 Å². The molecular formula is C13H12N2O3. The van der Waals surface area contributed by atoms with Crippen molar-refractivity contribution in [2.45, 2.75) is 6.92 Å². The Balaban J connectivity index is 2.29. The number of aromatic amines is 1. The van der Waals surface area contributed by atoms with Gasteiger partial charge in [0, 0.05) is 6.20 Å². The molecule has 0 atom stereocenters. The Morgan fingerprint density at radius 1 is 1.28 bits per heavy atom. The zero-order valence-corrected chi connectivity index (χ0v) is 9.73. The van der Waals surface area contributed by atoms with E-state index in [0.717, 1.165) is 5.56 Å². The molecular weight excluding hydrogens is 232 g/mol. The van der Waals surface area contributed by atoms with Crippen LogP contribution in [0.3, 0.4) is 0 Å². The number of amides is 1. The Kier molecular flexibility index (Phi) is 3.14. The van der Waals surface area contributed by atoms with Crippen LogP contribution in [0.25, 0.3) is 0 Å². The molecule has 0 saturated carbocycles. The molecule has 5 nitrogen and oxygen atoms in total. The molecule has 2 aromatic rings. The summed E-state index contributed by atoms with van der Waals surface area (Å²) in [5, 5.41) is 11.6. The Morgan fingerprint density at radius 3 is 2.67 bits per heavy atom. The molecule has 3 N–H and O–H groups in total. The highest BCUT2D eigenvalue weighted by atomic mass is 16.4. The molecule has 5 heteroatoms. The lowest BCUT2D eigenvalue weighted by Gasteiger charge is -2.08. The predicted octanol–water partition coefficient (Wildman–Crippen LogP) is 2.27. The summed E-state index contributed by atoms with van der Waals surface area (Å²) >= 11 is 0. The van der Waals surface area contributed by atoms with E-state index in [0.29, 0.717) is 5.69 Å². The lowest BCUT2D eigenvalue weighted by Crippen LogP contribution is -2.15. The van der Waals surface area contributed by atoms with E-state index in [-0.39, 0.29) is 17.2 Å². The molecule has 0 aliphatic heterocycles. The number of aromatic carboxylic acids is 1. The number of aromatic nitrogens is 1. The van der Waals surface area contributed by atoms with Gasteiger partial charge in [0.15, 0.2) is 0 Å². The van der Waals surface area contributed by atoms with Gasteiger partial charge in [-0.25, -0.2) is 4.79 Å². The molecule has 0 bridgehead atoms.